The number of hydrogen-bond donors (Lipinski definition) is 2. The molecule has 0 radical (unpaired) electrons. The lowest BCUT2D eigenvalue weighted by atomic mass is 9.80. The predicted molar refractivity (Wildman–Crippen MR) is 72.5 cm³/mol. The van der Waals surface area contributed by atoms with E-state index in [1.54, 1.807) is 6.92 Å². The summed E-state index contributed by atoms with van der Waals surface area (Å²) < 4.78 is 5.17. The molecule has 5 heteroatoms. The summed E-state index contributed by atoms with van der Waals surface area (Å²) in [6.07, 6.45) is 6.70. The van der Waals surface area contributed by atoms with E-state index in [2.05, 4.69) is 17.1 Å². The molecule has 0 aliphatic heterocycles. The highest BCUT2D eigenvalue weighted by Crippen LogP contribution is 2.36. The van der Waals surface area contributed by atoms with Gasteiger partial charge >= 0.3 is 0 Å². The van der Waals surface area contributed by atoms with Gasteiger partial charge in [0, 0.05) is 5.92 Å². The molecule has 1 heterocycles. The maximum absolute atomic E-state index is 9.43. The van der Waals surface area contributed by atoms with Gasteiger partial charge in [-0.25, -0.2) is 0 Å². The first-order valence-electron chi connectivity index (χ1n) is 7.39. The van der Waals surface area contributed by atoms with Crippen LogP contribution in [0.15, 0.2) is 4.52 Å². The first-order valence-corrected chi connectivity index (χ1v) is 7.39. The van der Waals surface area contributed by atoms with Gasteiger partial charge in [-0.1, -0.05) is 24.9 Å². The van der Waals surface area contributed by atoms with Crippen LogP contribution in [0.5, 0.6) is 0 Å². The molecule has 0 unspecified atom stereocenters. The second-order valence-corrected chi connectivity index (χ2v) is 5.76. The van der Waals surface area contributed by atoms with Gasteiger partial charge in [-0.3, -0.25) is 0 Å². The highest BCUT2D eigenvalue weighted by atomic mass is 16.5. The van der Waals surface area contributed by atoms with Crippen LogP contribution in [0, 0.1) is 5.92 Å². The summed E-state index contributed by atoms with van der Waals surface area (Å²) in [5, 5.41) is 13.5. The summed E-state index contributed by atoms with van der Waals surface area (Å²) in [6.45, 7) is 3.87. The number of nitrogens with two attached hydrogens (primary N) is 1. The van der Waals surface area contributed by atoms with Crippen LogP contribution in [0.3, 0.4) is 0 Å². The number of aromatic nitrogens is 2. The Morgan fingerprint density at radius 2 is 2.05 bits per heavy atom. The topological polar surface area (TPSA) is 85.2 Å². The van der Waals surface area contributed by atoms with E-state index in [9.17, 15) is 5.11 Å². The Bertz CT molecular complexity index is 384. The maximum atomic E-state index is 9.43. The first kappa shape index (κ1) is 14.5. The zero-order valence-corrected chi connectivity index (χ0v) is 11.9. The van der Waals surface area contributed by atoms with E-state index in [1.807, 2.05) is 0 Å². The van der Waals surface area contributed by atoms with E-state index in [0.29, 0.717) is 11.8 Å². The third-order valence-electron chi connectivity index (χ3n) is 4.17. The average molecular weight is 267 g/mol. The highest BCUT2D eigenvalue weighted by molar-refractivity contribution is 5.00. The van der Waals surface area contributed by atoms with Crippen molar-refractivity contribution in [3.63, 3.8) is 0 Å². The summed E-state index contributed by atoms with van der Waals surface area (Å²) in [5.41, 5.74) is 5.80. The summed E-state index contributed by atoms with van der Waals surface area (Å²) in [6, 6.07) is -0.585. The molecule has 2 rings (SSSR count). The van der Waals surface area contributed by atoms with Gasteiger partial charge in [0.25, 0.3) is 0 Å². The number of nitrogens with zero attached hydrogens (tertiary/aromatic N) is 2. The van der Waals surface area contributed by atoms with E-state index in [4.69, 9.17) is 10.3 Å². The van der Waals surface area contributed by atoms with Crippen LogP contribution in [0.4, 0.5) is 0 Å². The smallest absolute Gasteiger partial charge is 0.246 e. The molecule has 5 nitrogen and oxygen atoms in total. The van der Waals surface area contributed by atoms with E-state index in [0.717, 1.165) is 24.6 Å². The Labute approximate surface area is 114 Å². The van der Waals surface area contributed by atoms with Crippen LogP contribution in [0.1, 0.15) is 76.0 Å². The van der Waals surface area contributed by atoms with Crippen molar-refractivity contribution in [2.75, 3.05) is 0 Å². The van der Waals surface area contributed by atoms with Gasteiger partial charge in [-0.15, -0.1) is 0 Å². The SMILES string of the molecule is CCCC1CCC(c2noc([C@@H](N)[C@@H](C)O)n2)CC1. The molecular formula is C14H25N3O2. The van der Waals surface area contributed by atoms with Crippen molar-refractivity contribution in [3.05, 3.63) is 11.7 Å². The normalized spacial score (nSPS) is 27.2. The van der Waals surface area contributed by atoms with E-state index in [1.165, 1.54) is 25.7 Å². The second kappa shape index (κ2) is 6.48. The van der Waals surface area contributed by atoms with Crippen LogP contribution in [0.25, 0.3) is 0 Å². The quantitative estimate of drug-likeness (QED) is 0.856. The fourth-order valence-corrected chi connectivity index (χ4v) is 2.87. The molecule has 0 saturated heterocycles. The Morgan fingerprint density at radius 1 is 1.37 bits per heavy atom. The molecule has 108 valence electrons. The van der Waals surface area contributed by atoms with Crippen molar-refractivity contribution in [2.24, 2.45) is 11.7 Å². The number of rotatable bonds is 5. The standard InChI is InChI=1S/C14H25N3O2/c1-3-4-10-5-7-11(8-6-10)13-16-14(19-17-13)12(15)9(2)18/h9-12,18H,3-8,15H2,1-2H3/t9-,10?,11?,12+/m1/s1. The van der Waals surface area contributed by atoms with Crippen LogP contribution < -0.4 is 5.73 Å². The summed E-state index contributed by atoms with van der Waals surface area (Å²) >= 11 is 0. The van der Waals surface area contributed by atoms with Crippen molar-refractivity contribution < 1.29 is 9.63 Å². The number of hydrogen-bond acceptors (Lipinski definition) is 5. The van der Waals surface area contributed by atoms with E-state index < -0.39 is 12.1 Å². The lowest BCUT2D eigenvalue weighted by Gasteiger charge is -2.26. The predicted octanol–water partition coefficient (Wildman–Crippen LogP) is 2.52. The third kappa shape index (κ3) is 3.54. The highest BCUT2D eigenvalue weighted by Gasteiger charge is 2.27. The Balaban J connectivity index is 1.93. The number of aliphatic hydroxyl groups excluding tert-OH is 1. The van der Waals surface area contributed by atoms with Crippen molar-refractivity contribution >= 4 is 0 Å². The summed E-state index contributed by atoms with van der Waals surface area (Å²) in [4.78, 5) is 4.36. The molecule has 0 spiro atoms. The molecule has 1 aliphatic rings. The zero-order valence-electron chi connectivity index (χ0n) is 11.9. The van der Waals surface area contributed by atoms with Gasteiger partial charge < -0.3 is 15.4 Å². The minimum absolute atomic E-state index is 0.348. The average Bonchev–Trinajstić information content (AvgIpc) is 2.88. The molecule has 0 bridgehead atoms. The molecule has 1 aromatic rings. The van der Waals surface area contributed by atoms with Gasteiger partial charge in [0.2, 0.25) is 5.89 Å². The Kier molecular flexibility index (Phi) is 4.93. The fraction of sp³-hybridized carbons (Fsp3) is 0.857. The molecule has 1 aliphatic carbocycles. The van der Waals surface area contributed by atoms with E-state index >= 15 is 0 Å². The monoisotopic (exact) mass is 267 g/mol. The Hall–Kier alpha value is -0.940. The van der Waals surface area contributed by atoms with Gasteiger partial charge in [-0.05, 0) is 38.5 Å². The maximum Gasteiger partial charge on any atom is 0.246 e. The molecule has 1 fully saturated rings. The molecule has 2 atom stereocenters. The molecule has 3 N–H and O–H groups in total. The van der Waals surface area contributed by atoms with Gasteiger partial charge in [-0.2, -0.15) is 4.98 Å². The zero-order chi connectivity index (χ0) is 13.8. The van der Waals surface area contributed by atoms with Crippen LogP contribution >= 0.6 is 0 Å². The first-order chi connectivity index (χ1) is 9.11. The molecule has 1 aromatic heterocycles. The van der Waals surface area contributed by atoms with Gasteiger partial charge in [0.05, 0.1) is 6.10 Å². The minimum atomic E-state index is -0.673. The molecule has 0 amide bonds. The lowest BCUT2D eigenvalue weighted by molar-refractivity contribution is 0.146. The van der Waals surface area contributed by atoms with Gasteiger partial charge in [0.15, 0.2) is 5.82 Å². The van der Waals surface area contributed by atoms with Crippen molar-refractivity contribution in [1.82, 2.24) is 10.1 Å². The molecular weight excluding hydrogens is 242 g/mol. The van der Waals surface area contributed by atoms with E-state index in [-0.39, 0.29) is 0 Å². The summed E-state index contributed by atoms with van der Waals surface area (Å²) in [5.74, 6) is 2.38. The van der Waals surface area contributed by atoms with Crippen molar-refractivity contribution in [1.29, 1.82) is 0 Å². The van der Waals surface area contributed by atoms with Gasteiger partial charge in [0.1, 0.15) is 6.04 Å². The van der Waals surface area contributed by atoms with Crippen LogP contribution in [-0.4, -0.2) is 21.4 Å². The minimum Gasteiger partial charge on any atom is -0.391 e. The molecule has 0 aromatic carbocycles. The lowest BCUT2D eigenvalue weighted by Crippen LogP contribution is -2.23. The largest absolute Gasteiger partial charge is 0.391 e. The summed E-state index contributed by atoms with van der Waals surface area (Å²) in [7, 11) is 0. The number of aliphatic hydroxyl groups is 1. The Morgan fingerprint density at radius 3 is 2.63 bits per heavy atom. The van der Waals surface area contributed by atoms with Crippen molar-refractivity contribution in [2.45, 2.75) is 70.4 Å². The van der Waals surface area contributed by atoms with Crippen molar-refractivity contribution in [3.8, 4) is 0 Å². The second-order valence-electron chi connectivity index (χ2n) is 5.76. The molecule has 19 heavy (non-hydrogen) atoms. The van der Waals surface area contributed by atoms with Crippen LogP contribution in [0.2, 0.25) is 0 Å². The fourth-order valence-electron chi connectivity index (χ4n) is 2.87. The molecule has 1 saturated carbocycles. The third-order valence-corrected chi connectivity index (χ3v) is 4.17. The van der Waals surface area contributed by atoms with Crippen LogP contribution in [-0.2, 0) is 0 Å².